The van der Waals surface area contributed by atoms with E-state index in [1.807, 2.05) is 6.07 Å². The second-order valence-corrected chi connectivity index (χ2v) is 6.16. The fourth-order valence-corrected chi connectivity index (χ4v) is 3.59. The van der Waals surface area contributed by atoms with Gasteiger partial charge in [0.25, 0.3) is 0 Å². The van der Waals surface area contributed by atoms with Crippen LogP contribution in [-0.2, 0) is 0 Å². The first-order valence-corrected chi connectivity index (χ1v) is 7.23. The van der Waals surface area contributed by atoms with Gasteiger partial charge in [-0.25, -0.2) is 4.39 Å². The SMILES string of the molecule is CC1CC(C)N(C(CN)c2ccc(F)cc2Br)C1. The molecule has 3 atom stereocenters. The highest BCUT2D eigenvalue weighted by atomic mass is 79.9. The highest BCUT2D eigenvalue weighted by Crippen LogP contribution is 2.34. The van der Waals surface area contributed by atoms with Crippen molar-refractivity contribution in [3.05, 3.63) is 34.1 Å². The van der Waals surface area contributed by atoms with Crippen LogP contribution in [0.3, 0.4) is 0 Å². The van der Waals surface area contributed by atoms with E-state index in [4.69, 9.17) is 5.73 Å². The second kappa shape index (κ2) is 5.68. The average Bonchev–Trinajstić information content (AvgIpc) is 2.62. The van der Waals surface area contributed by atoms with Crippen molar-refractivity contribution in [3.8, 4) is 0 Å². The zero-order chi connectivity index (χ0) is 13.3. The lowest BCUT2D eigenvalue weighted by atomic mass is 10.0. The van der Waals surface area contributed by atoms with Crippen LogP contribution in [0.5, 0.6) is 0 Å². The largest absolute Gasteiger partial charge is 0.329 e. The summed E-state index contributed by atoms with van der Waals surface area (Å²) in [6, 6.07) is 5.56. The average molecular weight is 315 g/mol. The lowest BCUT2D eigenvalue weighted by Crippen LogP contribution is -2.36. The molecule has 1 fully saturated rings. The van der Waals surface area contributed by atoms with E-state index in [0.29, 0.717) is 18.5 Å². The maximum absolute atomic E-state index is 13.2. The molecule has 1 aromatic rings. The van der Waals surface area contributed by atoms with Crippen LogP contribution in [-0.4, -0.2) is 24.0 Å². The molecule has 1 heterocycles. The van der Waals surface area contributed by atoms with Crippen LogP contribution in [0.1, 0.15) is 31.9 Å². The summed E-state index contributed by atoms with van der Waals surface area (Å²) in [5.74, 6) is 0.484. The first kappa shape index (κ1) is 14.0. The minimum atomic E-state index is -0.218. The maximum atomic E-state index is 13.2. The van der Waals surface area contributed by atoms with Gasteiger partial charge >= 0.3 is 0 Å². The Hall–Kier alpha value is -0.450. The number of nitrogens with two attached hydrogens (primary N) is 1. The molecule has 1 aliphatic rings. The lowest BCUT2D eigenvalue weighted by molar-refractivity contribution is 0.191. The van der Waals surface area contributed by atoms with Gasteiger partial charge in [-0.15, -0.1) is 0 Å². The van der Waals surface area contributed by atoms with E-state index < -0.39 is 0 Å². The van der Waals surface area contributed by atoms with Gasteiger partial charge in [0.05, 0.1) is 0 Å². The molecule has 2 nitrogen and oxygen atoms in total. The molecule has 0 aromatic heterocycles. The van der Waals surface area contributed by atoms with Gasteiger partial charge in [-0.2, -0.15) is 0 Å². The van der Waals surface area contributed by atoms with E-state index in [-0.39, 0.29) is 11.9 Å². The lowest BCUT2D eigenvalue weighted by Gasteiger charge is -2.31. The van der Waals surface area contributed by atoms with Gasteiger partial charge in [0.15, 0.2) is 0 Å². The Bertz CT molecular complexity index is 424. The van der Waals surface area contributed by atoms with Crippen molar-refractivity contribution in [2.24, 2.45) is 11.7 Å². The van der Waals surface area contributed by atoms with Crippen molar-refractivity contribution in [3.63, 3.8) is 0 Å². The molecule has 3 unspecified atom stereocenters. The predicted octanol–water partition coefficient (Wildman–Crippen LogP) is 3.32. The third-order valence-electron chi connectivity index (χ3n) is 3.78. The van der Waals surface area contributed by atoms with Crippen LogP contribution in [0.2, 0.25) is 0 Å². The van der Waals surface area contributed by atoms with E-state index in [1.165, 1.54) is 18.6 Å². The number of nitrogens with zero attached hydrogens (tertiary/aromatic N) is 1. The summed E-state index contributed by atoms with van der Waals surface area (Å²) >= 11 is 3.45. The molecule has 2 rings (SSSR count). The van der Waals surface area contributed by atoms with Crippen molar-refractivity contribution in [1.82, 2.24) is 4.90 Å². The monoisotopic (exact) mass is 314 g/mol. The van der Waals surface area contributed by atoms with E-state index in [2.05, 4.69) is 34.7 Å². The number of likely N-dealkylation sites (tertiary alicyclic amines) is 1. The van der Waals surface area contributed by atoms with Gasteiger partial charge in [0.2, 0.25) is 0 Å². The Kier molecular flexibility index (Phi) is 4.41. The number of hydrogen-bond acceptors (Lipinski definition) is 2. The molecule has 18 heavy (non-hydrogen) atoms. The summed E-state index contributed by atoms with van der Waals surface area (Å²) < 4.78 is 14.0. The summed E-state index contributed by atoms with van der Waals surface area (Å²) in [7, 11) is 0. The molecule has 1 aromatic carbocycles. The van der Waals surface area contributed by atoms with Gasteiger partial charge in [0, 0.05) is 29.6 Å². The summed E-state index contributed by atoms with van der Waals surface area (Å²) in [5.41, 5.74) is 7.03. The van der Waals surface area contributed by atoms with Crippen LogP contribution in [0.4, 0.5) is 4.39 Å². The Morgan fingerprint density at radius 3 is 2.72 bits per heavy atom. The van der Waals surface area contributed by atoms with E-state index in [0.717, 1.165) is 16.6 Å². The molecular formula is C14H20BrFN2. The molecule has 1 aliphatic heterocycles. The van der Waals surface area contributed by atoms with Crippen molar-refractivity contribution in [1.29, 1.82) is 0 Å². The molecule has 0 bridgehead atoms. The fourth-order valence-electron chi connectivity index (χ4n) is 2.98. The minimum absolute atomic E-state index is 0.167. The molecule has 0 radical (unpaired) electrons. The van der Waals surface area contributed by atoms with Crippen molar-refractivity contribution < 1.29 is 4.39 Å². The summed E-state index contributed by atoms with van der Waals surface area (Å²) in [5, 5.41) is 0. The van der Waals surface area contributed by atoms with Crippen LogP contribution in [0.15, 0.2) is 22.7 Å². The van der Waals surface area contributed by atoms with E-state index >= 15 is 0 Å². The topological polar surface area (TPSA) is 29.3 Å². The normalized spacial score (nSPS) is 26.5. The number of rotatable bonds is 3. The summed E-state index contributed by atoms with van der Waals surface area (Å²) in [4.78, 5) is 2.43. The highest BCUT2D eigenvalue weighted by molar-refractivity contribution is 9.10. The molecule has 0 aliphatic carbocycles. The Morgan fingerprint density at radius 2 is 2.22 bits per heavy atom. The van der Waals surface area contributed by atoms with Gasteiger partial charge in [-0.3, -0.25) is 4.90 Å². The van der Waals surface area contributed by atoms with Crippen LogP contribution < -0.4 is 5.73 Å². The van der Waals surface area contributed by atoms with Crippen molar-refractivity contribution in [2.75, 3.05) is 13.1 Å². The molecule has 1 saturated heterocycles. The molecule has 100 valence electrons. The fraction of sp³-hybridized carbons (Fsp3) is 0.571. The zero-order valence-electron chi connectivity index (χ0n) is 10.9. The number of halogens is 2. The molecule has 2 N–H and O–H groups in total. The molecule has 0 spiro atoms. The number of benzene rings is 1. The smallest absolute Gasteiger partial charge is 0.124 e. The first-order chi connectivity index (χ1) is 8.52. The Labute approximate surface area is 116 Å². The van der Waals surface area contributed by atoms with Gasteiger partial charge < -0.3 is 5.73 Å². The second-order valence-electron chi connectivity index (χ2n) is 5.30. The van der Waals surface area contributed by atoms with Gasteiger partial charge in [0.1, 0.15) is 5.82 Å². The first-order valence-electron chi connectivity index (χ1n) is 6.43. The van der Waals surface area contributed by atoms with E-state index in [1.54, 1.807) is 0 Å². The van der Waals surface area contributed by atoms with Crippen LogP contribution in [0.25, 0.3) is 0 Å². The standard InChI is InChI=1S/C14H20BrFN2/c1-9-5-10(2)18(8-9)14(7-17)12-4-3-11(16)6-13(12)15/h3-4,6,9-10,14H,5,7-8,17H2,1-2H3. The summed E-state index contributed by atoms with van der Waals surface area (Å²) in [6.45, 7) is 6.13. The van der Waals surface area contributed by atoms with Crippen LogP contribution >= 0.6 is 15.9 Å². The molecule has 0 amide bonds. The number of hydrogen-bond donors (Lipinski definition) is 1. The molecule has 4 heteroatoms. The molecular weight excluding hydrogens is 295 g/mol. The third-order valence-corrected chi connectivity index (χ3v) is 4.46. The van der Waals surface area contributed by atoms with Gasteiger partial charge in [-0.1, -0.05) is 28.9 Å². The predicted molar refractivity (Wildman–Crippen MR) is 75.8 cm³/mol. The van der Waals surface area contributed by atoms with E-state index in [9.17, 15) is 4.39 Å². The Morgan fingerprint density at radius 1 is 1.50 bits per heavy atom. The van der Waals surface area contributed by atoms with Crippen LogP contribution in [0, 0.1) is 11.7 Å². The highest BCUT2D eigenvalue weighted by Gasteiger charge is 2.32. The van der Waals surface area contributed by atoms with Crippen molar-refractivity contribution >= 4 is 15.9 Å². The quantitative estimate of drug-likeness (QED) is 0.927. The van der Waals surface area contributed by atoms with Gasteiger partial charge in [-0.05, 0) is 37.0 Å². The maximum Gasteiger partial charge on any atom is 0.124 e. The van der Waals surface area contributed by atoms with Crippen molar-refractivity contribution in [2.45, 2.75) is 32.4 Å². The Balaban J connectivity index is 2.28. The summed E-state index contributed by atoms with van der Waals surface area (Å²) in [6.07, 6.45) is 1.20. The zero-order valence-corrected chi connectivity index (χ0v) is 12.5. The minimum Gasteiger partial charge on any atom is -0.329 e. The molecule has 0 saturated carbocycles. The third kappa shape index (κ3) is 2.76.